The molecule has 0 aromatic heterocycles. The van der Waals surface area contributed by atoms with E-state index in [1.165, 1.54) is 12.1 Å². The Kier molecular flexibility index (Phi) is 3.96. The maximum Gasteiger partial charge on any atom is 0.349 e. The van der Waals surface area contributed by atoms with Gasteiger partial charge in [0, 0.05) is 0 Å². The Morgan fingerprint density at radius 3 is 2.95 bits per heavy atom. The van der Waals surface area contributed by atoms with Crippen LogP contribution in [0.5, 0.6) is 0 Å². The zero-order chi connectivity index (χ0) is 13.8. The molecule has 0 amide bonds. The summed E-state index contributed by atoms with van der Waals surface area (Å²) in [6.07, 6.45) is 2.20. The van der Waals surface area contributed by atoms with Crippen molar-refractivity contribution >= 4 is 11.5 Å². The molecule has 98 valence electrons. The van der Waals surface area contributed by atoms with Gasteiger partial charge >= 0.3 is 5.97 Å². The van der Waals surface area contributed by atoms with E-state index >= 15 is 0 Å². The first-order valence-electron chi connectivity index (χ1n) is 6.26. The van der Waals surface area contributed by atoms with Gasteiger partial charge in [0.1, 0.15) is 17.5 Å². The van der Waals surface area contributed by atoms with Crippen LogP contribution >= 0.6 is 0 Å². The first-order valence-corrected chi connectivity index (χ1v) is 6.26. The lowest BCUT2D eigenvalue weighted by atomic mass is 9.85. The SMILES string of the molecule is CCOC(=O)C(C#N)=C1CCCc2cc(F)ccc21. The topological polar surface area (TPSA) is 50.1 Å². The number of hydrogen-bond donors (Lipinski definition) is 0. The molecule has 1 aliphatic rings. The first kappa shape index (κ1) is 13.3. The number of benzene rings is 1. The molecule has 0 N–H and O–H groups in total. The molecule has 3 nitrogen and oxygen atoms in total. The standard InChI is InChI=1S/C15H14FNO2/c1-2-19-15(18)14(9-17)13-5-3-4-10-8-11(16)6-7-12(10)13/h6-8H,2-5H2,1H3. The molecule has 0 fully saturated rings. The first-order chi connectivity index (χ1) is 9.17. The van der Waals surface area contributed by atoms with Crippen LogP contribution in [0.15, 0.2) is 23.8 Å². The van der Waals surface area contributed by atoms with Gasteiger partial charge in [0.25, 0.3) is 0 Å². The van der Waals surface area contributed by atoms with Crippen molar-refractivity contribution in [1.29, 1.82) is 5.26 Å². The molecule has 19 heavy (non-hydrogen) atoms. The summed E-state index contributed by atoms with van der Waals surface area (Å²) in [5, 5.41) is 9.17. The predicted molar refractivity (Wildman–Crippen MR) is 68.5 cm³/mol. The fourth-order valence-electron chi connectivity index (χ4n) is 2.35. The van der Waals surface area contributed by atoms with Crippen LogP contribution in [0.25, 0.3) is 5.57 Å². The van der Waals surface area contributed by atoms with Gasteiger partial charge in [-0.15, -0.1) is 0 Å². The molecule has 0 radical (unpaired) electrons. The van der Waals surface area contributed by atoms with E-state index in [1.807, 2.05) is 6.07 Å². The maximum atomic E-state index is 13.2. The lowest BCUT2D eigenvalue weighted by molar-refractivity contribution is -0.137. The minimum absolute atomic E-state index is 0.0365. The van der Waals surface area contributed by atoms with Gasteiger partial charge in [-0.2, -0.15) is 5.26 Å². The summed E-state index contributed by atoms with van der Waals surface area (Å²) in [4.78, 5) is 11.8. The average Bonchev–Trinajstić information content (AvgIpc) is 2.39. The number of rotatable bonds is 2. The van der Waals surface area contributed by atoms with Gasteiger partial charge in [0.2, 0.25) is 0 Å². The Morgan fingerprint density at radius 1 is 1.47 bits per heavy atom. The average molecular weight is 259 g/mol. The largest absolute Gasteiger partial charge is 0.462 e. The van der Waals surface area contributed by atoms with Crippen molar-refractivity contribution in [2.24, 2.45) is 0 Å². The fraction of sp³-hybridized carbons (Fsp3) is 0.333. The maximum absolute atomic E-state index is 13.2. The van der Waals surface area contributed by atoms with Crippen LogP contribution in [-0.4, -0.2) is 12.6 Å². The second-order valence-electron chi connectivity index (χ2n) is 4.34. The number of carbonyl (C=O) groups excluding carboxylic acids is 1. The minimum Gasteiger partial charge on any atom is -0.462 e. The van der Waals surface area contributed by atoms with E-state index in [9.17, 15) is 14.4 Å². The van der Waals surface area contributed by atoms with E-state index < -0.39 is 5.97 Å². The van der Waals surface area contributed by atoms with E-state index in [4.69, 9.17) is 4.74 Å². The highest BCUT2D eigenvalue weighted by Gasteiger charge is 2.22. The highest BCUT2D eigenvalue weighted by molar-refractivity contribution is 6.02. The molecule has 0 saturated heterocycles. The Balaban J connectivity index is 2.52. The molecular formula is C15H14FNO2. The Labute approximate surface area is 111 Å². The van der Waals surface area contributed by atoms with E-state index in [0.717, 1.165) is 24.0 Å². The summed E-state index contributed by atoms with van der Waals surface area (Å²) in [6.45, 7) is 1.93. The molecule has 0 bridgehead atoms. The van der Waals surface area contributed by atoms with Crippen LogP contribution in [0, 0.1) is 17.1 Å². The fourth-order valence-corrected chi connectivity index (χ4v) is 2.35. The van der Waals surface area contributed by atoms with Gasteiger partial charge in [-0.1, -0.05) is 6.07 Å². The van der Waals surface area contributed by atoms with Crippen LogP contribution in [0.1, 0.15) is 30.9 Å². The minimum atomic E-state index is -0.600. The molecule has 0 heterocycles. The number of ether oxygens (including phenoxy) is 1. The number of allylic oxidation sites excluding steroid dienone is 1. The van der Waals surface area contributed by atoms with Gasteiger partial charge in [0.15, 0.2) is 0 Å². The van der Waals surface area contributed by atoms with Crippen molar-refractivity contribution in [2.45, 2.75) is 26.2 Å². The molecule has 0 aliphatic heterocycles. The highest BCUT2D eigenvalue weighted by atomic mass is 19.1. The molecule has 1 aromatic rings. The summed E-state index contributed by atoms with van der Waals surface area (Å²) in [7, 11) is 0. The summed E-state index contributed by atoms with van der Waals surface area (Å²) in [6, 6.07) is 6.38. The number of hydrogen-bond acceptors (Lipinski definition) is 3. The number of carbonyl (C=O) groups is 1. The van der Waals surface area contributed by atoms with Gasteiger partial charge < -0.3 is 4.74 Å². The van der Waals surface area contributed by atoms with Crippen molar-refractivity contribution in [2.75, 3.05) is 6.61 Å². The van der Waals surface area contributed by atoms with E-state index in [1.54, 1.807) is 13.0 Å². The highest BCUT2D eigenvalue weighted by Crippen LogP contribution is 2.33. The summed E-state index contributed by atoms with van der Waals surface area (Å²) < 4.78 is 18.1. The van der Waals surface area contributed by atoms with Crippen molar-refractivity contribution < 1.29 is 13.9 Å². The Bertz CT molecular complexity index is 584. The Morgan fingerprint density at radius 2 is 2.26 bits per heavy atom. The monoisotopic (exact) mass is 259 g/mol. The van der Waals surface area contributed by atoms with Gasteiger partial charge in [-0.05, 0) is 55.0 Å². The summed E-state index contributed by atoms with van der Waals surface area (Å²) in [5.74, 6) is -0.896. The van der Waals surface area contributed by atoms with Crippen LogP contribution in [0.4, 0.5) is 4.39 Å². The third-order valence-electron chi connectivity index (χ3n) is 3.16. The molecule has 4 heteroatoms. The number of fused-ring (bicyclic) bond motifs is 1. The van der Waals surface area contributed by atoms with Gasteiger partial charge in [-0.3, -0.25) is 0 Å². The number of esters is 1. The van der Waals surface area contributed by atoms with Gasteiger partial charge in [0.05, 0.1) is 6.61 Å². The van der Waals surface area contributed by atoms with Gasteiger partial charge in [-0.25, -0.2) is 9.18 Å². The van der Waals surface area contributed by atoms with Crippen molar-refractivity contribution in [3.63, 3.8) is 0 Å². The van der Waals surface area contributed by atoms with Crippen molar-refractivity contribution in [3.8, 4) is 6.07 Å². The van der Waals surface area contributed by atoms with Crippen molar-refractivity contribution in [1.82, 2.24) is 0 Å². The molecule has 0 saturated carbocycles. The van der Waals surface area contributed by atoms with Crippen LogP contribution < -0.4 is 0 Å². The quantitative estimate of drug-likeness (QED) is 0.466. The molecule has 0 atom stereocenters. The molecule has 1 aliphatic carbocycles. The summed E-state index contributed by atoms with van der Waals surface area (Å²) in [5.41, 5.74) is 2.34. The number of nitrogens with zero attached hydrogens (tertiary/aromatic N) is 1. The number of aryl methyl sites for hydroxylation is 1. The van der Waals surface area contributed by atoms with Crippen LogP contribution in [0.2, 0.25) is 0 Å². The van der Waals surface area contributed by atoms with E-state index in [-0.39, 0.29) is 18.0 Å². The summed E-state index contributed by atoms with van der Waals surface area (Å²) >= 11 is 0. The van der Waals surface area contributed by atoms with Crippen molar-refractivity contribution in [3.05, 3.63) is 40.7 Å². The zero-order valence-electron chi connectivity index (χ0n) is 10.7. The molecular weight excluding hydrogens is 245 g/mol. The molecule has 1 aromatic carbocycles. The predicted octanol–water partition coefficient (Wildman–Crippen LogP) is 3.00. The third kappa shape index (κ3) is 2.65. The number of nitriles is 1. The molecule has 2 rings (SSSR count). The van der Waals surface area contributed by atoms with E-state index in [0.29, 0.717) is 12.0 Å². The molecule has 0 unspecified atom stereocenters. The number of halogens is 1. The van der Waals surface area contributed by atoms with Crippen LogP contribution in [0.3, 0.4) is 0 Å². The third-order valence-corrected chi connectivity index (χ3v) is 3.16. The normalized spacial score (nSPS) is 16.3. The lowest BCUT2D eigenvalue weighted by Crippen LogP contribution is -2.12. The second kappa shape index (κ2) is 5.66. The van der Waals surface area contributed by atoms with E-state index in [2.05, 4.69) is 0 Å². The Hall–Kier alpha value is -2.15. The smallest absolute Gasteiger partial charge is 0.349 e. The molecule has 0 spiro atoms. The second-order valence-corrected chi connectivity index (χ2v) is 4.34. The lowest BCUT2D eigenvalue weighted by Gasteiger charge is -2.20. The zero-order valence-corrected chi connectivity index (χ0v) is 10.7. The van der Waals surface area contributed by atoms with Crippen LogP contribution in [-0.2, 0) is 16.0 Å².